The zero-order valence-corrected chi connectivity index (χ0v) is 20.8. The van der Waals surface area contributed by atoms with Crippen molar-refractivity contribution >= 4 is 45.7 Å². The Labute approximate surface area is 211 Å². The van der Waals surface area contributed by atoms with Crippen molar-refractivity contribution in [3.8, 4) is 6.07 Å². The first-order chi connectivity index (χ1) is 17.2. The third kappa shape index (κ3) is 2.78. The molecule has 1 aliphatic carbocycles. The summed E-state index contributed by atoms with van der Waals surface area (Å²) >= 11 is 1.32. The minimum absolute atomic E-state index is 0.199. The molecule has 2 aromatic rings. The van der Waals surface area contributed by atoms with E-state index in [1.165, 1.54) is 11.3 Å². The number of primary amides is 1. The van der Waals surface area contributed by atoms with Gasteiger partial charge in [-0.1, -0.05) is 12.1 Å². The molecule has 184 valence electrons. The molecule has 36 heavy (non-hydrogen) atoms. The third-order valence-electron chi connectivity index (χ3n) is 8.31. The number of benzene rings is 1. The predicted molar refractivity (Wildman–Crippen MR) is 132 cm³/mol. The largest absolute Gasteiger partial charge is 0.370 e. The summed E-state index contributed by atoms with van der Waals surface area (Å²) in [6.07, 6.45) is 3.29. The van der Waals surface area contributed by atoms with Crippen LogP contribution in [-0.2, 0) is 37.6 Å². The van der Waals surface area contributed by atoms with Crippen molar-refractivity contribution in [3.05, 3.63) is 44.8 Å². The van der Waals surface area contributed by atoms with Crippen molar-refractivity contribution in [1.29, 1.82) is 5.26 Å². The van der Waals surface area contributed by atoms with E-state index in [4.69, 9.17) is 5.73 Å². The number of amides is 4. The number of nitrogens with one attached hydrogen (secondary N) is 2. The molecule has 0 unspecified atom stereocenters. The van der Waals surface area contributed by atoms with Gasteiger partial charge in [0.2, 0.25) is 23.6 Å². The zero-order valence-electron chi connectivity index (χ0n) is 19.9. The quantitative estimate of drug-likeness (QED) is 0.546. The summed E-state index contributed by atoms with van der Waals surface area (Å²) in [7, 11) is 0. The number of imide groups is 1. The van der Waals surface area contributed by atoms with Gasteiger partial charge >= 0.3 is 0 Å². The van der Waals surface area contributed by atoms with E-state index < -0.39 is 47.0 Å². The second kappa shape index (κ2) is 7.72. The topological polar surface area (TPSA) is 145 Å². The van der Waals surface area contributed by atoms with E-state index in [0.717, 1.165) is 52.2 Å². The van der Waals surface area contributed by atoms with Gasteiger partial charge in [0.05, 0.1) is 17.4 Å². The number of carbonyl (C=O) groups is 4. The highest BCUT2D eigenvalue weighted by Gasteiger charge is 2.71. The van der Waals surface area contributed by atoms with Gasteiger partial charge in [-0.25, -0.2) is 4.90 Å². The molecule has 0 bridgehead atoms. The number of nitrogens with two attached hydrogens (primary N) is 1. The monoisotopic (exact) mass is 503 g/mol. The van der Waals surface area contributed by atoms with E-state index >= 15 is 0 Å². The summed E-state index contributed by atoms with van der Waals surface area (Å²) < 4.78 is 0. The van der Waals surface area contributed by atoms with Gasteiger partial charge in [0, 0.05) is 28.6 Å². The van der Waals surface area contributed by atoms with Gasteiger partial charge in [-0.05, 0) is 56.2 Å². The van der Waals surface area contributed by atoms with E-state index in [9.17, 15) is 24.4 Å². The Hall–Kier alpha value is -3.55. The van der Waals surface area contributed by atoms with Crippen LogP contribution in [-0.4, -0.2) is 29.7 Å². The highest BCUT2D eigenvalue weighted by molar-refractivity contribution is 7.17. The molecule has 6 rings (SSSR count). The van der Waals surface area contributed by atoms with Crippen LogP contribution in [0.2, 0.25) is 0 Å². The van der Waals surface area contributed by atoms with Crippen LogP contribution in [0.3, 0.4) is 0 Å². The highest BCUT2D eigenvalue weighted by atomic mass is 32.1. The molecule has 4 heterocycles. The summed E-state index contributed by atoms with van der Waals surface area (Å²) in [6, 6.07) is 5.11. The van der Waals surface area contributed by atoms with E-state index in [2.05, 4.69) is 16.7 Å². The van der Waals surface area contributed by atoms with Crippen LogP contribution < -0.4 is 21.3 Å². The zero-order chi connectivity index (χ0) is 25.5. The van der Waals surface area contributed by atoms with Crippen molar-refractivity contribution in [2.45, 2.75) is 57.5 Å². The lowest BCUT2D eigenvalue weighted by Crippen LogP contribution is -2.53. The van der Waals surface area contributed by atoms with E-state index in [-0.39, 0.29) is 6.42 Å². The van der Waals surface area contributed by atoms with Gasteiger partial charge in [-0.15, -0.1) is 11.3 Å². The molecule has 4 aliphatic rings. The lowest BCUT2D eigenvalue weighted by atomic mass is 9.76. The van der Waals surface area contributed by atoms with E-state index in [0.29, 0.717) is 21.8 Å². The molecule has 0 saturated carbocycles. The molecule has 4 N–H and O–H groups in total. The second-order valence-electron chi connectivity index (χ2n) is 10.1. The molecular formula is C26H25N5O4S. The standard InChI is InChI=1S/C26H25N5O4S/c1-11-7-8-15-21(12(11)2)29-25(35)26(15)20-19(16(30-26)9-18(28)32)22(33)31(23(20)34)24-14(10-27)13-5-3-4-6-17(13)36-24/h7-8,16,19-20,30H,3-6,9H2,1-2H3,(H2,28,32)(H,29,35)/t16-,19-,20+,26-/m1/s1. The molecule has 1 spiro atoms. The molecule has 4 atom stereocenters. The summed E-state index contributed by atoms with van der Waals surface area (Å²) in [5, 5.41) is 16.5. The Morgan fingerprint density at radius 2 is 1.97 bits per heavy atom. The number of nitrogens with zero attached hydrogens (tertiary/aromatic N) is 2. The Morgan fingerprint density at radius 3 is 2.69 bits per heavy atom. The lowest BCUT2D eigenvalue weighted by Gasteiger charge is -2.29. The van der Waals surface area contributed by atoms with Gasteiger partial charge in [0.25, 0.3) is 0 Å². The molecule has 3 aliphatic heterocycles. The van der Waals surface area contributed by atoms with Crippen molar-refractivity contribution in [2.24, 2.45) is 17.6 Å². The van der Waals surface area contributed by atoms with Crippen LogP contribution in [0.4, 0.5) is 10.7 Å². The van der Waals surface area contributed by atoms with Crippen molar-refractivity contribution in [3.63, 3.8) is 0 Å². The van der Waals surface area contributed by atoms with Crippen LogP contribution in [0.25, 0.3) is 0 Å². The Balaban J connectivity index is 1.53. The first-order valence-corrected chi connectivity index (χ1v) is 12.9. The maximum Gasteiger partial charge on any atom is 0.250 e. The van der Waals surface area contributed by atoms with Crippen LogP contribution in [0.15, 0.2) is 12.1 Å². The molecule has 4 amide bonds. The molecule has 0 radical (unpaired) electrons. The summed E-state index contributed by atoms with van der Waals surface area (Å²) in [4.78, 5) is 55.8. The molecule has 2 saturated heterocycles. The normalized spacial score (nSPS) is 28.2. The molecule has 2 fully saturated rings. The number of nitriles is 1. The minimum Gasteiger partial charge on any atom is -0.370 e. The van der Waals surface area contributed by atoms with Crippen LogP contribution in [0.1, 0.15) is 52.0 Å². The predicted octanol–water partition coefficient (Wildman–Crippen LogP) is 1.92. The maximum atomic E-state index is 14.1. The SMILES string of the molecule is Cc1ccc2c(c1C)NC(=O)[C@@]21N[C@H](CC(N)=O)[C@H]2C(=O)N(c3sc4c(c3C#N)CCCC4)C(=O)[C@H]21. The molecule has 10 heteroatoms. The summed E-state index contributed by atoms with van der Waals surface area (Å²) in [6.45, 7) is 3.82. The number of aryl methyl sites for hydroxylation is 2. The van der Waals surface area contributed by atoms with Crippen molar-refractivity contribution < 1.29 is 19.2 Å². The molecule has 1 aromatic heterocycles. The average molecular weight is 504 g/mol. The van der Waals surface area contributed by atoms with Gasteiger partial charge in [0.1, 0.15) is 16.6 Å². The molecular weight excluding hydrogens is 478 g/mol. The van der Waals surface area contributed by atoms with Crippen LogP contribution in [0.5, 0.6) is 0 Å². The van der Waals surface area contributed by atoms with E-state index in [1.807, 2.05) is 19.9 Å². The van der Waals surface area contributed by atoms with Gasteiger partial charge < -0.3 is 11.1 Å². The van der Waals surface area contributed by atoms with Crippen LogP contribution in [0, 0.1) is 37.0 Å². The number of anilines is 2. The lowest BCUT2D eigenvalue weighted by molar-refractivity contribution is -0.130. The maximum absolute atomic E-state index is 14.1. The summed E-state index contributed by atoms with van der Waals surface area (Å²) in [5.74, 6) is -4.12. The Morgan fingerprint density at radius 1 is 1.22 bits per heavy atom. The smallest absolute Gasteiger partial charge is 0.250 e. The number of thiophene rings is 1. The van der Waals surface area contributed by atoms with Gasteiger partial charge in [0.15, 0.2) is 0 Å². The third-order valence-corrected chi connectivity index (χ3v) is 9.59. The molecule has 9 nitrogen and oxygen atoms in total. The van der Waals surface area contributed by atoms with E-state index in [1.54, 1.807) is 6.07 Å². The summed E-state index contributed by atoms with van der Waals surface area (Å²) in [5.41, 5.74) is 8.36. The Kier molecular flexibility index (Phi) is 4.91. The molecule has 1 aromatic carbocycles. The first kappa shape index (κ1) is 22.9. The minimum atomic E-state index is -1.51. The fourth-order valence-electron chi connectivity index (χ4n) is 6.54. The van der Waals surface area contributed by atoms with Crippen LogP contribution >= 0.6 is 11.3 Å². The highest BCUT2D eigenvalue weighted by Crippen LogP contribution is 2.55. The van der Waals surface area contributed by atoms with Crippen molar-refractivity contribution in [2.75, 3.05) is 10.2 Å². The number of rotatable bonds is 3. The Bertz CT molecular complexity index is 1440. The number of carbonyl (C=O) groups excluding carboxylic acids is 4. The number of fused-ring (bicyclic) bond motifs is 5. The number of hydrogen-bond acceptors (Lipinski definition) is 7. The fraction of sp³-hybridized carbons (Fsp3) is 0.423. The van der Waals surface area contributed by atoms with Gasteiger partial charge in [-0.3, -0.25) is 24.5 Å². The first-order valence-electron chi connectivity index (χ1n) is 12.1. The van der Waals surface area contributed by atoms with Gasteiger partial charge in [-0.2, -0.15) is 5.26 Å². The second-order valence-corrected chi connectivity index (χ2v) is 11.2. The van der Waals surface area contributed by atoms with Crippen molar-refractivity contribution in [1.82, 2.24) is 5.32 Å². The average Bonchev–Trinajstić information content (AvgIpc) is 3.52. The number of hydrogen-bond donors (Lipinski definition) is 3. The fourth-order valence-corrected chi connectivity index (χ4v) is 7.88.